The van der Waals surface area contributed by atoms with Crippen LogP contribution in [0.3, 0.4) is 0 Å². The van der Waals surface area contributed by atoms with E-state index in [1.54, 1.807) is 0 Å². The molecule has 0 spiro atoms. The van der Waals surface area contributed by atoms with E-state index in [0.29, 0.717) is 5.56 Å². The van der Waals surface area contributed by atoms with Crippen LogP contribution in [0.1, 0.15) is 31.9 Å². The van der Waals surface area contributed by atoms with Gasteiger partial charge in [0.15, 0.2) is 17.5 Å². The normalized spacial score (nSPS) is 12.4. The smallest absolute Gasteiger partial charge is 0.270 e. The number of carbonyl (C=O) groups excluding carboxylic acids is 2. The van der Waals surface area contributed by atoms with E-state index in [4.69, 9.17) is 5.21 Å². The van der Waals surface area contributed by atoms with Crippen molar-refractivity contribution in [3.8, 4) is 11.1 Å². The zero-order valence-corrected chi connectivity index (χ0v) is 15.1. The van der Waals surface area contributed by atoms with Gasteiger partial charge in [0.05, 0.1) is 12.0 Å². The van der Waals surface area contributed by atoms with Crippen LogP contribution in [0.15, 0.2) is 36.4 Å². The highest BCUT2D eigenvalue weighted by Gasteiger charge is 2.25. The number of halogens is 3. The summed E-state index contributed by atoms with van der Waals surface area (Å²) < 4.78 is 39.9. The maximum absolute atomic E-state index is 13.4. The first-order chi connectivity index (χ1) is 13.0. The van der Waals surface area contributed by atoms with Crippen LogP contribution < -0.4 is 10.8 Å². The Labute approximate surface area is 159 Å². The molecule has 2 amide bonds. The van der Waals surface area contributed by atoms with E-state index in [1.807, 2.05) is 0 Å². The zero-order valence-electron chi connectivity index (χ0n) is 15.1. The molecule has 0 aliphatic rings. The SMILES string of the molecule is CC(C)(O)CC(=O)NC(C(=O)NO)c1ccc(-c2cc(F)c(F)c(F)c2)cc1. The summed E-state index contributed by atoms with van der Waals surface area (Å²) in [7, 11) is 0. The summed E-state index contributed by atoms with van der Waals surface area (Å²) in [4.78, 5) is 23.9. The van der Waals surface area contributed by atoms with Crippen molar-refractivity contribution in [3.63, 3.8) is 0 Å². The molecule has 0 heterocycles. The number of hydrogen-bond donors (Lipinski definition) is 4. The van der Waals surface area contributed by atoms with E-state index in [2.05, 4.69) is 5.32 Å². The standard InChI is InChI=1S/C19H19F3N2O4/c1-19(2,27)9-15(25)23-17(18(26)24-28)11-5-3-10(4-6-11)12-7-13(20)16(22)14(21)8-12/h3-8,17,27-28H,9H2,1-2H3,(H,23,25)(H,24,26). The number of carbonyl (C=O) groups is 2. The van der Waals surface area contributed by atoms with Gasteiger partial charge in [0.1, 0.15) is 6.04 Å². The second-order valence-corrected chi connectivity index (χ2v) is 6.84. The van der Waals surface area contributed by atoms with Gasteiger partial charge >= 0.3 is 0 Å². The summed E-state index contributed by atoms with van der Waals surface area (Å²) in [5.74, 6) is -5.80. The molecule has 2 rings (SSSR count). The van der Waals surface area contributed by atoms with Crippen LogP contribution in [0.25, 0.3) is 11.1 Å². The molecule has 28 heavy (non-hydrogen) atoms. The predicted octanol–water partition coefficient (Wildman–Crippen LogP) is 2.59. The van der Waals surface area contributed by atoms with Gasteiger partial charge in [-0.3, -0.25) is 14.8 Å². The highest BCUT2D eigenvalue weighted by atomic mass is 19.2. The van der Waals surface area contributed by atoms with Crippen LogP contribution >= 0.6 is 0 Å². The molecule has 0 aromatic heterocycles. The maximum Gasteiger partial charge on any atom is 0.270 e. The molecule has 2 aromatic carbocycles. The quantitative estimate of drug-likeness (QED) is 0.343. The van der Waals surface area contributed by atoms with Crippen LogP contribution in [0.4, 0.5) is 13.2 Å². The molecule has 6 nitrogen and oxygen atoms in total. The molecule has 0 radical (unpaired) electrons. The van der Waals surface area contributed by atoms with Crippen molar-refractivity contribution in [3.05, 3.63) is 59.4 Å². The molecule has 0 saturated heterocycles. The van der Waals surface area contributed by atoms with Crippen LogP contribution in [0.2, 0.25) is 0 Å². The number of hydrogen-bond acceptors (Lipinski definition) is 4. The number of aliphatic hydroxyl groups is 1. The lowest BCUT2D eigenvalue weighted by molar-refractivity contribution is -0.136. The van der Waals surface area contributed by atoms with E-state index < -0.39 is 40.9 Å². The number of benzene rings is 2. The fraction of sp³-hybridized carbons (Fsp3) is 0.263. The average Bonchev–Trinajstić information content (AvgIpc) is 2.62. The zero-order chi connectivity index (χ0) is 21.1. The van der Waals surface area contributed by atoms with Gasteiger partial charge in [0.25, 0.3) is 5.91 Å². The summed E-state index contributed by atoms with van der Waals surface area (Å²) in [6, 6.07) is 6.03. The summed E-state index contributed by atoms with van der Waals surface area (Å²) >= 11 is 0. The minimum absolute atomic E-state index is 0.0807. The summed E-state index contributed by atoms with van der Waals surface area (Å²) in [6.45, 7) is 2.84. The fourth-order valence-corrected chi connectivity index (χ4v) is 2.56. The van der Waals surface area contributed by atoms with Gasteiger partial charge < -0.3 is 10.4 Å². The Kier molecular flexibility index (Phi) is 6.42. The lowest BCUT2D eigenvalue weighted by atomic mass is 9.99. The second-order valence-electron chi connectivity index (χ2n) is 6.84. The topological polar surface area (TPSA) is 98.7 Å². The van der Waals surface area contributed by atoms with Gasteiger partial charge in [-0.05, 0) is 42.7 Å². The number of nitrogens with one attached hydrogen (secondary N) is 2. The van der Waals surface area contributed by atoms with Crippen molar-refractivity contribution in [1.29, 1.82) is 0 Å². The minimum atomic E-state index is -1.57. The fourth-order valence-electron chi connectivity index (χ4n) is 2.56. The molecular weight excluding hydrogens is 377 g/mol. The molecule has 0 fully saturated rings. The number of amides is 2. The van der Waals surface area contributed by atoms with E-state index in [-0.39, 0.29) is 17.5 Å². The third-order valence-electron chi connectivity index (χ3n) is 3.83. The molecular formula is C19H19F3N2O4. The Balaban J connectivity index is 2.29. The Hall–Kier alpha value is -2.91. The van der Waals surface area contributed by atoms with Crippen molar-refractivity contribution >= 4 is 11.8 Å². The first-order valence-electron chi connectivity index (χ1n) is 8.22. The van der Waals surface area contributed by atoms with Crippen LogP contribution in [-0.4, -0.2) is 27.7 Å². The van der Waals surface area contributed by atoms with Crippen molar-refractivity contribution in [2.75, 3.05) is 0 Å². The second kappa shape index (κ2) is 8.41. The maximum atomic E-state index is 13.4. The predicted molar refractivity (Wildman–Crippen MR) is 93.5 cm³/mol. The van der Waals surface area contributed by atoms with E-state index in [0.717, 1.165) is 12.1 Å². The molecule has 9 heteroatoms. The largest absolute Gasteiger partial charge is 0.390 e. The monoisotopic (exact) mass is 396 g/mol. The number of rotatable bonds is 6. The molecule has 0 aliphatic heterocycles. The lowest BCUT2D eigenvalue weighted by Gasteiger charge is -2.21. The van der Waals surface area contributed by atoms with Crippen LogP contribution in [0.5, 0.6) is 0 Å². The molecule has 4 N–H and O–H groups in total. The first-order valence-corrected chi connectivity index (χ1v) is 8.22. The van der Waals surface area contributed by atoms with Gasteiger partial charge in [0, 0.05) is 0 Å². The van der Waals surface area contributed by atoms with Crippen molar-refractivity contribution in [1.82, 2.24) is 10.8 Å². The van der Waals surface area contributed by atoms with Crippen molar-refractivity contribution in [2.45, 2.75) is 31.9 Å². The van der Waals surface area contributed by atoms with Crippen molar-refractivity contribution < 1.29 is 33.1 Å². The Morgan fingerprint density at radius 3 is 2.04 bits per heavy atom. The average molecular weight is 396 g/mol. The van der Waals surface area contributed by atoms with Crippen LogP contribution in [-0.2, 0) is 9.59 Å². The summed E-state index contributed by atoms with van der Waals surface area (Å²) in [6.07, 6.45) is -0.283. The number of hydroxylamine groups is 1. The molecule has 0 aliphatic carbocycles. The summed E-state index contributed by atoms with van der Waals surface area (Å²) in [5.41, 5.74) is 0.829. The van der Waals surface area contributed by atoms with Gasteiger partial charge in [-0.2, -0.15) is 0 Å². The molecule has 1 atom stereocenters. The molecule has 1 unspecified atom stereocenters. The van der Waals surface area contributed by atoms with E-state index in [9.17, 15) is 27.9 Å². The Bertz CT molecular complexity index is 857. The highest BCUT2D eigenvalue weighted by molar-refractivity contribution is 5.88. The lowest BCUT2D eigenvalue weighted by Crippen LogP contribution is -2.41. The third kappa shape index (κ3) is 5.30. The van der Waals surface area contributed by atoms with E-state index in [1.165, 1.54) is 43.6 Å². The first kappa shape index (κ1) is 21.4. The Morgan fingerprint density at radius 2 is 1.57 bits per heavy atom. The molecule has 150 valence electrons. The third-order valence-corrected chi connectivity index (χ3v) is 3.83. The van der Waals surface area contributed by atoms with Crippen LogP contribution in [0, 0.1) is 17.5 Å². The summed E-state index contributed by atoms with van der Waals surface area (Å²) in [5, 5.41) is 21.0. The van der Waals surface area contributed by atoms with E-state index >= 15 is 0 Å². The minimum Gasteiger partial charge on any atom is -0.390 e. The Morgan fingerprint density at radius 1 is 1.04 bits per heavy atom. The van der Waals surface area contributed by atoms with Gasteiger partial charge in [-0.1, -0.05) is 24.3 Å². The van der Waals surface area contributed by atoms with Crippen molar-refractivity contribution in [2.24, 2.45) is 0 Å². The van der Waals surface area contributed by atoms with Gasteiger partial charge in [-0.25, -0.2) is 18.7 Å². The molecule has 2 aromatic rings. The van der Waals surface area contributed by atoms with Gasteiger partial charge in [0.2, 0.25) is 5.91 Å². The molecule has 0 saturated carbocycles. The highest BCUT2D eigenvalue weighted by Crippen LogP contribution is 2.25. The van der Waals surface area contributed by atoms with Gasteiger partial charge in [-0.15, -0.1) is 0 Å². The molecule has 0 bridgehead atoms.